The molecule has 2 aromatic heterocycles. The highest BCUT2D eigenvalue weighted by Crippen LogP contribution is 2.16. The summed E-state index contributed by atoms with van der Waals surface area (Å²) in [7, 11) is 0. The van der Waals surface area contributed by atoms with E-state index < -0.39 is 5.56 Å². The van der Waals surface area contributed by atoms with Crippen LogP contribution < -0.4 is 11.3 Å². The summed E-state index contributed by atoms with van der Waals surface area (Å²) in [6, 6.07) is -0.376. The molecular formula is C9H13N5O3. The fraction of sp³-hybridized carbons (Fsp3) is 0.444. The first-order chi connectivity index (χ1) is 8.17. The molecule has 0 amide bonds. The maximum atomic E-state index is 11.5. The Morgan fingerprint density at radius 2 is 2.29 bits per heavy atom. The highest BCUT2D eigenvalue weighted by atomic mass is 16.3. The Kier molecular flexibility index (Phi) is 3.07. The van der Waals surface area contributed by atoms with E-state index in [-0.39, 0.29) is 30.7 Å². The molecule has 0 spiro atoms. The van der Waals surface area contributed by atoms with E-state index in [1.165, 1.54) is 10.9 Å². The van der Waals surface area contributed by atoms with Gasteiger partial charge < -0.3 is 20.5 Å². The summed E-state index contributed by atoms with van der Waals surface area (Å²) in [6.45, 7) is -0.260. The number of anilines is 1. The van der Waals surface area contributed by atoms with Gasteiger partial charge in [0.05, 0.1) is 19.0 Å². The second-order valence-corrected chi connectivity index (χ2v) is 3.62. The number of nitrogens with two attached hydrogens (primary N) is 1. The fourth-order valence-electron chi connectivity index (χ4n) is 1.68. The van der Waals surface area contributed by atoms with Gasteiger partial charge in [-0.2, -0.15) is 4.98 Å². The number of imidazole rings is 1. The molecule has 2 heterocycles. The van der Waals surface area contributed by atoms with E-state index in [0.29, 0.717) is 12.1 Å². The van der Waals surface area contributed by atoms with Crippen molar-refractivity contribution in [3.63, 3.8) is 0 Å². The summed E-state index contributed by atoms with van der Waals surface area (Å²) in [6.07, 6.45) is 1.75. The molecule has 92 valence electrons. The van der Waals surface area contributed by atoms with Crippen LogP contribution in [0.15, 0.2) is 11.1 Å². The third-order valence-electron chi connectivity index (χ3n) is 2.52. The molecule has 0 radical (unpaired) electrons. The first-order valence-corrected chi connectivity index (χ1v) is 5.11. The third-order valence-corrected chi connectivity index (χ3v) is 2.52. The van der Waals surface area contributed by atoms with Crippen molar-refractivity contribution in [2.24, 2.45) is 0 Å². The van der Waals surface area contributed by atoms with Crippen LogP contribution in [0.1, 0.15) is 12.5 Å². The summed E-state index contributed by atoms with van der Waals surface area (Å²) in [4.78, 5) is 21.8. The molecule has 0 bridgehead atoms. The molecule has 2 rings (SSSR count). The summed E-state index contributed by atoms with van der Waals surface area (Å²) >= 11 is 0. The van der Waals surface area contributed by atoms with Crippen molar-refractivity contribution in [2.45, 2.75) is 12.5 Å². The highest BCUT2D eigenvalue weighted by Gasteiger charge is 2.15. The molecule has 0 fully saturated rings. The van der Waals surface area contributed by atoms with Crippen LogP contribution in [0.2, 0.25) is 0 Å². The molecule has 0 aliphatic rings. The largest absolute Gasteiger partial charge is 0.396 e. The number of rotatable bonds is 4. The van der Waals surface area contributed by atoms with E-state index in [0.717, 1.165) is 0 Å². The van der Waals surface area contributed by atoms with Crippen molar-refractivity contribution in [1.29, 1.82) is 0 Å². The molecule has 0 unspecified atom stereocenters. The van der Waals surface area contributed by atoms with Crippen LogP contribution in [0.25, 0.3) is 11.2 Å². The smallest absolute Gasteiger partial charge is 0.280 e. The molecule has 0 aliphatic heterocycles. The lowest BCUT2D eigenvalue weighted by molar-refractivity contribution is 0.188. The van der Waals surface area contributed by atoms with Crippen LogP contribution in [0, 0.1) is 0 Å². The van der Waals surface area contributed by atoms with E-state index in [2.05, 4.69) is 15.0 Å². The highest BCUT2D eigenvalue weighted by molar-refractivity contribution is 5.70. The monoisotopic (exact) mass is 239 g/mol. The Bertz CT molecular complexity index is 576. The molecule has 8 nitrogen and oxygen atoms in total. The number of aromatic amines is 1. The number of hydrogen-bond donors (Lipinski definition) is 4. The molecule has 1 atom stereocenters. The lowest BCUT2D eigenvalue weighted by Crippen LogP contribution is -2.17. The summed E-state index contributed by atoms with van der Waals surface area (Å²) in [5, 5.41) is 18.1. The summed E-state index contributed by atoms with van der Waals surface area (Å²) < 4.78 is 1.54. The number of H-pyrrole nitrogens is 1. The first-order valence-electron chi connectivity index (χ1n) is 5.11. The van der Waals surface area contributed by atoms with Crippen molar-refractivity contribution in [1.82, 2.24) is 19.5 Å². The second kappa shape index (κ2) is 4.52. The van der Waals surface area contributed by atoms with Gasteiger partial charge in [0.25, 0.3) is 5.56 Å². The maximum absolute atomic E-state index is 11.5. The molecule has 0 aliphatic carbocycles. The summed E-state index contributed by atoms with van der Waals surface area (Å²) in [5.74, 6) is -0.00932. The average molecular weight is 239 g/mol. The Morgan fingerprint density at radius 3 is 2.94 bits per heavy atom. The molecule has 5 N–H and O–H groups in total. The van der Waals surface area contributed by atoms with Gasteiger partial charge in [-0.3, -0.25) is 9.78 Å². The topological polar surface area (TPSA) is 130 Å². The summed E-state index contributed by atoms with van der Waals surface area (Å²) in [5.41, 5.74) is 5.49. The number of nitrogens with one attached hydrogen (secondary N) is 1. The fourth-order valence-corrected chi connectivity index (χ4v) is 1.68. The van der Waals surface area contributed by atoms with E-state index in [4.69, 9.17) is 10.8 Å². The number of hydrogen-bond acceptors (Lipinski definition) is 6. The van der Waals surface area contributed by atoms with Gasteiger partial charge in [0.2, 0.25) is 5.95 Å². The van der Waals surface area contributed by atoms with Crippen LogP contribution in [0.5, 0.6) is 0 Å². The number of fused-ring (bicyclic) bond motifs is 1. The predicted octanol–water partition coefficient (Wildman–Crippen LogP) is -1.38. The molecule has 17 heavy (non-hydrogen) atoms. The van der Waals surface area contributed by atoms with Gasteiger partial charge in [-0.25, -0.2) is 4.98 Å². The van der Waals surface area contributed by atoms with E-state index in [9.17, 15) is 9.90 Å². The van der Waals surface area contributed by atoms with Gasteiger partial charge in [0, 0.05) is 6.61 Å². The number of aromatic nitrogens is 4. The van der Waals surface area contributed by atoms with Gasteiger partial charge in [-0.05, 0) is 6.42 Å². The van der Waals surface area contributed by atoms with Crippen LogP contribution in [-0.2, 0) is 0 Å². The van der Waals surface area contributed by atoms with Crippen LogP contribution in [-0.4, -0.2) is 42.9 Å². The van der Waals surface area contributed by atoms with Gasteiger partial charge in [0.15, 0.2) is 11.2 Å². The SMILES string of the molecule is Nc1nc2c(ncn2[C@H](CO)CCO)c(=O)[nH]1. The normalized spacial score (nSPS) is 13.1. The number of aliphatic hydroxyl groups excluding tert-OH is 2. The van der Waals surface area contributed by atoms with Gasteiger partial charge in [0.1, 0.15) is 0 Å². The van der Waals surface area contributed by atoms with Gasteiger partial charge >= 0.3 is 0 Å². The van der Waals surface area contributed by atoms with Crippen molar-refractivity contribution >= 4 is 17.1 Å². The molecule has 0 aromatic carbocycles. The number of aliphatic hydroxyl groups is 2. The number of nitrogen functional groups attached to an aromatic ring is 1. The van der Waals surface area contributed by atoms with E-state index >= 15 is 0 Å². The number of nitrogens with zero attached hydrogens (tertiary/aromatic N) is 3. The molecule has 0 saturated carbocycles. The van der Waals surface area contributed by atoms with Gasteiger partial charge in [-0.15, -0.1) is 0 Å². The zero-order chi connectivity index (χ0) is 12.4. The lowest BCUT2D eigenvalue weighted by atomic mass is 10.2. The molecular weight excluding hydrogens is 226 g/mol. The Morgan fingerprint density at radius 1 is 1.53 bits per heavy atom. The minimum Gasteiger partial charge on any atom is -0.396 e. The van der Waals surface area contributed by atoms with Crippen LogP contribution in [0.4, 0.5) is 5.95 Å². The average Bonchev–Trinajstić information content (AvgIpc) is 2.69. The van der Waals surface area contributed by atoms with Gasteiger partial charge in [-0.1, -0.05) is 0 Å². The minimum atomic E-state index is -0.424. The van der Waals surface area contributed by atoms with Crippen molar-refractivity contribution in [3.05, 3.63) is 16.7 Å². The van der Waals surface area contributed by atoms with Crippen LogP contribution in [0.3, 0.4) is 0 Å². The lowest BCUT2D eigenvalue weighted by Gasteiger charge is -2.14. The Hall–Kier alpha value is -1.93. The van der Waals surface area contributed by atoms with Crippen molar-refractivity contribution in [2.75, 3.05) is 18.9 Å². The Labute approximate surface area is 95.7 Å². The first kappa shape index (κ1) is 11.6. The molecule has 8 heteroatoms. The van der Waals surface area contributed by atoms with E-state index in [1.54, 1.807) is 0 Å². The second-order valence-electron chi connectivity index (χ2n) is 3.62. The predicted molar refractivity (Wildman–Crippen MR) is 60.4 cm³/mol. The van der Waals surface area contributed by atoms with E-state index in [1.807, 2.05) is 0 Å². The third kappa shape index (κ3) is 1.99. The Balaban J connectivity index is 2.58. The minimum absolute atomic E-state index is 0.00932. The maximum Gasteiger partial charge on any atom is 0.280 e. The van der Waals surface area contributed by atoms with Crippen molar-refractivity contribution in [3.8, 4) is 0 Å². The zero-order valence-corrected chi connectivity index (χ0v) is 9.00. The van der Waals surface area contributed by atoms with Crippen molar-refractivity contribution < 1.29 is 10.2 Å². The van der Waals surface area contributed by atoms with Crippen LogP contribution >= 0.6 is 0 Å². The quantitative estimate of drug-likeness (QED) is 0.520. The zero-order valence-electron chi connectivity index (χ0n) is 9.00. The molecule has 2 aromatic rings. The standard InChI is InChI=1S/C9H13N5O3/c10-9-12-7-6(8(17)13-9)11-4-14(7)5(3-16)1-2-15/h4-5,15-16H,1-3H2,(H3,10,12,13,17)/t5-/m0/s1. The molecule has 0 saturated heterocycles.